The molecule has 7 heteroatoms. The van der Waals surface area contributed by atoms with E-state index in [0.717, 1.165) is 34.1 Å². The molecule has 2 heterocycles. The van der Waals surface area contributed by atoms with Crippen LogP contribution in [-0.2, 0) is 12.7 Å². The van der Waals surface area contributed by atoms with E-state index in [9.17, 15) is 18.0 Å². The zero-order valence-electron chi connectivity index (χ0n) is 16.7. The molecule has 0 aliphatic carbocycles. The van der Waals surface area contributed by atoms with Crippen molar-refractivity contribution in [1.29, 1.82) is 0 Å². The molecule has 0 unspecified atom stereocenters. The normalized spacial score (nSPS) is 12.0. The van der Waals surface area contributed by atoms with Gasteiger partial charge in [-0.1, -0.05) is 30.3 Å². The number of nitrogens with zero attached hydrogens (tertiary/aromatic N) is 1. The third-order valence-corrected chi connectivity index (χ3v) is 5.58. The van der Waals surface area contributed by atoms with E-state index in [0.29, 0.717) is 28.8 Å². The number of fused-ring (bicyclic) bond motifs is 3. The minimum atomic E-state index is -4.39. The molecule has 4 nitrogen and oxygen atoms in total. The van der Waals surface area contributed by atoms with Gasteiger partial charge in [-0.2, -0.15) is 13.2 Å². The number of alkyl halides is 3. The van der Waals surface area contributed by atoms with Crippen LogP contribution in [-0.4, -0.2) is 10.5 Å². The van der Waals surface area contributed by atoms with E-state index in [1.54, 1.807) is 24.5 Å². The second kappa shape index (κ2) is 7.30. The SMILES string of the molecule is NC(=O)c1cccc2c1c1ccc(-c3ccco3)cc1n2Cc1ccc(C(F)(F)F)cc1. The number of benzene rings is 3. The van der Waals surface area contributed by atoms with Crippen molar-refractivity contribution < 1.29 is 22.4 Å². The van der Waals surface area contributed by atoms with E-state index in [4.69, 9.17) is 10.2 Å². The summed E-state index contributed by atoms with van der Waals surface area (Å²) >= 11 is 0. The Bertz CT molecular complexity index is 1450. The monoisotopic (exact) mass is 434 g/mol. The zero-order chi connectivity index (χ0) is 22.5. The van der Waals surface area contributed by atoms with Gasteiger partial charge < -0.3 is 14.7 Å². The van der Waals surface area contributed by atoms with Gasteiger partial charge in [0.25, 0.3) is 0 Å². The first-order valence-corrected chi connectivity index (χ1v) is 9.88. The predicted octanol–water partition coefficient (Wildman–Crippen LogP) is 6.22. The van der Waals surface area contributed by atoms with Crippen molar-refractivity contribution >= 4 is 27.7 Å². The van der Waals surface area contributed by atoms with Crippen LogP contribution in [0.3, 0.4) is 0 Å². The Morgan fingerprint density at radius 3 is 2.38 bits per heavy atom. The van der Waals surface area contributed by atoms with Gasteiger partial charge in [-0.15, -0.1) is 0 Å². The number of halogens is 3. The van der Waals surface area contributed by atoms with Crippen LogP contribution in [0.1, 0.15) is 21.5 Å². The Morgan fingerprint density at radius 2 is 1.72 bits per heavy atom. The van der Waals surface area contributed by atoms with Crippen molar-refractivity contribution in [2.45, 2.75) is 12.7 Å². The van der Waals surface area contributed by atoms with Crippen LogP contribution < -0.4 is 5.73 Å². The van der Waals surface area contributed by atoms with Crippen LogP contribution in [0.4, 0.5) is 13.2 Å². The highest BCUT2D eigenvalue weighted by Gasteiger charge is 2.30. The molecule has 3 aromatic carbocycles. The molecule has 0 saturated carbocycles. The Hall–Kier alpha value is -4.00. The quantitative estimate of drug-likeness (QED) is 0.365. The Balaban J connectivity index is 1.72. The molecule has 5 rings (SSSR count). The number of primary amides is 1. The molecule has 5 aromatic rings. The predicted molar refractivity (Wildman–Crippen MR) is 116 cm³/mol. The van der Waals surface area contributed by atoms with Crippen LogP contribution >= 0.6 is 0 Å². The molecule has 2 aromatic heterocycles. The largest absolute Gasteiger partial charge is 0.464 e. The third-order valence-electron chi connectivity index (χ3n) is 5.58. The number of hydrogen-bond donors (Lipinski definition) is 1. The average molecular weight is 434 g/mol. The van der Waals surface area contributed by atoms with Gasteiger partial charge in [0, 0.05) is 28.4 Å². The lowest BCUT2D eigenvalue weighted by molar-refractivity contribution is -0.137. The number of rotatable bonds is 4. The number of hydrogen-bond acceptors (Lipinski definition) is 2. The van der Waals surface area contributed by atoms with Crippen molar-refractivity contribution in [3.05, 3.63) is 95.7 Å². The van der Waals surface area contributed by atoms with E-state index in [-0.39, 0.29) is 0 Å². The third kappa shape index (κ3) is 3.32. The number of amides is 1. The van der Waals surface area contributed by atoms with Gasteiger partial charge >= 0.3 is 6.18 Å². The Morgan fingerprint density at radius 1 is 0.938 bits per heavy atom. The lowest BCUT2D eigenvalue weighted by Crippen LogP contribution is -2.11. The zero-order valence-corrected chi connectivity index (χ0v) is 16.7. The molecule has 0 bridgehead atoms. The maximum absolute atomic E-state index is 13.0. The van der Waals surface area contributed by atoms with E-state index < -0.39 is 17.6 Å². The maximum atomic E-state index is 13.0. The van der Waals surface area contributed by atoms with Gasteiger partial charge in [0.2, 0.25) is 5.91 Å². The number of furan rings is 1. The van der Waals surface area contributed by atoms with Gasteiger partial charge in [0.05, 0.1) is 22.9 Å². The fourth-order valence-electron chi connectivity index (χ4n) is 4.10. The summed E-state index contributed by atoms with van der Waals surface area (Å²) in [6.45, 7) is 0.321. The van der Waals surface area contributed by atoms with Crippen LogP contribution in [0.5, 0.6) is 0 Å². The highest BCUT2D eigenvalue weighted by atomic mass is 19.4. The average Bonchev–Trinajstić information content (AvgIpc) is 3.40. The Labute approximate surface area is 180 Å². The number of aromatic nitrogens is 1. The van der Waals surface area contributed by atoms with Gasteiger partial charge in [-0.05, 0) is 48.0 Å². The van der Waals surface area contributed by atoms with Gasteiger partial charge in [0.15, 0.2) is 0 Å². The fourth-order valence-corrected chi connectivity index (χ4v) is 4.10. The fraction of sp³-hybridized carbons (Fsp3) is 0.0800. The molecule has 160 valence electrons. The molecule has 0 radical (unpaired) electrons. The van der Waals surface area contributed by atoms with Gasteiger partial charge in [0.1, 0.15) is 5.76 Å². The van der Waals surface area contributed by atoms with E-state index in [2.05, 4.69) is 0 Å². The molecule has 0 aliphatic heterocycles. The van der Waals surface area contributed by atoms with Crippen LogP contribution in [0, 0.1) is 0 Å². The first-order valence-electron chi connectivity index (χ1n) is 9.88. The van der Waals surface area contributed by atoms with Gasteiger partial charge in [-0.3, -0.25) is 4.79 Å². The van der Waals surface area contributed by atoms with Crippen molar-refractivity contribution in [3.8, 4) is 11.3 Å². The summed E-state index contributed by atoms with van der Waals surface area (Å²) in [4.78, 5) is 12.1. The second-order valence-electron chi connectivity index (χ2n) is 7.55. The highest BCUT2D eigenvalue weighted by Crippen LogP contribution is 2.35. The molecular formula is C25H17F3N2O2. The Kier molecular flexibility index (Phi) is 4.55. The summed E-state index contributed by atoms with van der Waals surface area (Å²) in [5.41, 5.74) is 8.46. The number of carbonyl (C=O) groups is 1. The summed E-state index contributed by atoms with van der Waals surface area (Å²) in [6, 6.07) is 19.8. The van der Waals surface area contributed by atoms with E-state index in [1.807, 2.05) is 34.9 Å². The summed E-state index contributed by atoms with van der Waals surface area (Å²) in [5, 5.41) is 1.55. The summed E-state index contributed by atoms with van der Waals surface area (Å²) in [6.07, 6.45) is -2.80. The van der Waals surface area contributed by atoms with Gasteiger partial charge in [-0.25, -0.2) is 0 Å². The topological polar surface area (TPSA) is 61.2 Å². The molecule has 0 saturated heterocycles. The molecular weight excluding hydrogens is 417 g/mol. The molecule has 32 heavy (non-hydrogen) atoms. The van der Waals surface area contributed by atoms with E-state index in [1.165, 1.54) is 12.1 Å². The minimum Gasteiger partial charge on any atom is -0.464 e. The molecule has 0 fully saturated rings. The summed E-state index contributed by atoms with van der Waals surface area (Å²) in [7, 11) is 0. The highest BCUT2D eigenvalue weighted by molar-refractivity contribution is 6.18. The minimum absolute atomic E-state index is 0.321. The first kappa shape index (κ1) is 19.9. The molecule has 1 amide bonds. The van der Waals surface area contributed by atoms with E-state index >= 15 is 0 Å². The summed E-state index contributed by atoms with van der Waals surface area (Å²) in [5.74, 6) is 0.146. The van der Waals surface area contributed by atoms with Crippen molar-refractivity contribution in [3.63, 3.8) is 0 Å². The van der Waals surface area contributed by atoms with Crippen LogP contribution in [0.2, 0.25) is 0 Å². The number of nitrogens with two attached hydrogens (primary N) is 1. The summed E-state index contributed by atoms with van der Waals surface area (Å²) < 4.78 is 46.4. The van der Waals surface area contributed by atoms with Crippen molar-refractivity contribution in [2.75, 3.05) is 0 Å². The molecule has 0 aliphatic rings. The molecule has 2 N–H and O–H groups in total. The lowest BCUT2D eigenvalue weighted by Gasteiger charge is -2.11. The maximum Gasteiger partial charge on any atom is 0.416 e. The van der Waals surface area contributed by atoms with Crippen molar-refractivity contribution in [1.82, 2.24) is 4.57 Å². The lowest BCUT2D eigenvalue weighted by atomic mass is 10.0. The molecule has 0 atom stereocenters. The first-order chi connectivity index (χ1) is 15.3. The smallest absolute Gasteiger partial charge is 0.416 e. The van der Waals surface area contributed by atoms with Crippen LogP contribution in [0.25, 0.3) is 33.1 Å². The standard InChI is InChI=1S/C25H17F3N2O2/c26-25(27,28)17-9-6-15(7-10-17)14-30-20-4-1-3-19(24(29)31)23(20)18-11-8-16(13-21(18)30)22-5-2-12-32-22/h1-13H,14H2,(H2,29,31). The number of carbonyl (C=O) groups excluding carboxylic acids is 1. The second-order valence-corrected chi connectivity index (χ2v) is 7.55. The van der Waals surface area contributed by atoms with Crippen molar-refractivity contribution in [2.24, 2.45) is 5.73 Å². The van der Waals surface area contributed by atoms with Crippen LogP contribution in [0.15, 0.2) is 83.5 Å². The molecule has 0 spiro atoms.